The number of hydrogen-bond donors (Lipinski definition) is 1. The van der Waals surface area contributed by atoms with Crippen LogP contribution in [0.5, 0.6) is 5.75 Å². The molecule has 0 spiro atoms. The molecule has 6 unspecified atom stereocenters. The summed E-state index contributed by atoms with van der Waals surface area (Å²) in [4.78, 5) is 2.99. The van der Waals surface area contributed by atoms with Crippen LogP contribution in [-0.4, -0.2) is 36.5 Å². The minimum Gasteiger partial charge on any atom is -0.483 e. The van der Waals surface area contributed by atoms with Crippen molar-refractivity contribution in [3.63, 3.8) is 0 Å². The molecule has 0 amide bonds. The lowest BCUT2D eigenvalue weighted by Crippen LogP contribution is -2.42. The third kappa shape index (κ3) is 6.62. The Kier molecular flexibility index (Phi) is 9.21. The van der Waals surface area contributed by atoms with E-state index in [2.05, 4.69) is 39.8 Å². The maximum atomic E-state index is 14.0. The van der Waals surface area contributed by atoms with Crippen molar-refractivity contribution in [3.8, 4) is 5.75 Å². The summed E-state index contributed by atoms with van der Waals surface area (Å²) in [5.74, 6) is -0.172. The predicted molar refractivity (Wildman–Crippen MR) is 155 cm³/mol. The average Bonchev–Trinajstić information content (AvgIpc) is 3.00. The number of hydrogen-bond acceptors (Lipinski definition) is 5. The van der Waals surface area contributed by atoms with Crippen LogP contribution in [0.1, 0.15) is 47.1 Å². The highest BCUT2D eigenvalue weighted by molar-refractivity contribution is 7.97. The van der Waals surface area contributed by atoms with Crippen LogP contribution in [0.15, 0.2) is 93.5 Å². The van der Waals surface area contributed by atoms with Crippen molar-refractivity contribution in [2.24, 2.45) is 11.8 Å². The van der Waals surface area contributed by atoms with Gasteiger partial charge < -0.3 is 14.2 Å². The van der Waals surface area contributed by atoms with Crippen molar-refractivity contribution < 1.29 is 36.0 Å². The summed E-state index contributed by atoms with van der Waals surface area (Å²) in [6.07, 6.45) is -2.06. The lowest BCUT2D eigenvalue weighted by Gasteiger charge is -2.33. The lowest BCUT2D eigenvalue weighted by atomic mass is 9.88. The Balaban J connectivity index is 1.64. The molecule has 222 valence electrons. The molecule has 10 heteroatoms. The number of halogens is 2. The van der Waals surface area contributed by atoms with Crippen LogP contribution in [-0.2, 0) is 36.3 Å². The van der Waals surface area contributed by atoms with Crippen LogP contribution in [0.3, 0.4) is 0 Å². The van der Waals surface area contributed by atoms with Crippen molar-refractivity contribution >= 4 is 21.0 Å². The Morgan fingerprint density at radius 3 is 1.73 bits per heavy atom. The minimum atomic E-state index is -5.62. The van der Waals surface area contributed by atoms with Crippen LogP contribution in [0.25, 0.3) is 0 Å². The number of ether oxygens (including phenoxy) is 3. The van der Waals surface area contributed by atoms with Crippen LogP contribution >= 0.6 is 0 Å². The first-order valence-electron chi connectivity index (χ1n) is 13.5. The van der Waals surface area contributed by atoms with E-state index >= 15 is 0 Å². The van der Waals surface area contributed by atoms with Gasteiger partial charge in [0, 0.05) is 5.56 Å². The Morgan fingerprint density at radius 2 is 1.27 bits per heavy atom. The standard InChI is InChI=1S/C31H36F2O6S2/c1-20-21(2)23(4)39-30(6,38-22(20)3)25-12-16-28(17-13-25)40(27-10-8-7-9-11-27)29-18-14-26(15-19-29)37-24(5)31(32,33)41(34,35)36/h7-24H,1-6H3/p+1. The molecule has 1 aliphatic rings. The molecule has 1 saturated heterocycles. The second kappa shape index (κ2) is 12.0. The smallest absolute Gasteiger partial charge is 0.405 e. The molecule has 0 saturated carbocycles. The summed E-state index contributed by atoms with van der Waals surface area (Å²) in [7, 11) is -6.16. The topological polar surface area (TPSA) is 82.1 Å². The highest BCUT2D eigenvalue weighted by Crippen LogP contribution is 2.40. The maximum absolute atomic E-state index is 14.0. The van der Waals surface area contributed by atoms with Crippen LogP contribution in [0.4, 0.5) is 8.78 Å². The molecule has 1 aliphatic heterocycles. The van der Waals surface area contributed by atoms with Crippen LogP contribution in [0.2, 0.25) is 0 Å². The largest absolute Gasteiger partial charge is 0.483 e. The van der Waals surface area contributed by atoms with Gasteiger partial charge in [-0.1, -0.05) is 32.0 Å². The predicted octanol–water partition coefficient (Wildman–Crippen LogP) is 7.30. The molecular weight excluding hydrogens is 570 g/mol. The first kappa shape index (κ1) is 31.4. The van der Waals surface area contributed by atoms with Crippen molar-refractivity contribution in [3.05, 3.63) is 84.4 Å². The van der Waals surface area contributed by atoms with E-state index in [9.17, 15) is 17.2 Å². The highest BCUT2D eigenvalue weighted by Gasteiger charge is 2.51. The summed E-state index contributed by atoms with van der Waals surface area (Å²) in [5.41, 5.74) is 0.912. The molecule has 1 N–H and O–H groups in total. The molecule has 3 aromatic carbocycles. The zero-order chi connectivity index (χ0) is 30.2. The Morgan fingerprint density at radius 1 is 0.829 bits per heavy atom. The maximum Gasteiger partial charge on any atom is 0.405 e. The van der Waals surface area contributed by atoms with E-state index in [1.54, 1.807) is 12.1 Å². The highest BCUT2D eigenvalue weighted by atomic mass is 32.2. The van der Waals surface area contributed by atoms with E-state index in [0.29, 0.717) is 11.8 Å². The van der Waals surface area contributed by atoms with Gasteiger partial charge in [-0.25, -0.2) is 0 Å². The molecule has 6 nitrogen and oxygen atoms in total. The van der Waals surface area contributed by atoms with E-state index in [0.717, 1.165) is 27.2 Å². The fourth-order valence-electron chi connectivity index (χ4n) is 4.94. The summed E-state index contributed by atoms with van der Waals surface area (Å²) < 4.78 is 77.1. The molecule has 0 aromatic heterocycles. The Hall–Kier alpha value is -2.50. The minimum absolute atomic E-state index is 0.0134. The Labute approximate surface area is 244 Å². The number of rotatable bonds is 8. The quantitative estimate of drug-likeness (QED) is 0.214. The van der Waals surface area contributed by atoms with Gasteiger partial charge in [0.25, 0.3) is 0 Å². The summed E-state index contributed by atoms with van der Waals surface area (Å²) in [5, 5.41) is -4.45. The van der Waals surface area contributed by atoms with Crippen molar-refractivity contribution in [1.82, 2.24) is 0 Å². The van der Waals surface area contributed by atoms with Gasteiger partial charge in [-0.05, 0) is 100 Å². The molecule has 41 heavy (non-hydrogen) atoms. The third-order valence-electron chi connectivity index (χ3n) is 7.91. The molecule has 6 atom stereocenters. The average molecular weight is 608 g/mol. The van der Waals surface area contributed by atoms with E-state index in [4.69, 9.17) is 18.8 Å². The lowest BCUT2D eigenvalue weighted by molar-refractivity contribution is -0.260. The van der Waals surface area contributed by atoms with Gasteiger partial charge in [0.1, 0.15) is 5.75 Å². The summed E-state index contributed by atoms with van der Waals surface area (Å²) >= 11 is 0. The molecule has 4 rings (SSSR count). The van der Waals surface area contributed by atoms with E-state index in [1.165, 1.54) is 12.1 Å². The second-order valence-corrected chi connectivity index (χ2v) is 14.2. The van der Waals surface area contributed by atoms with Crippen molar-refractivity contribution in [1.29, 1.82) is 0 Å². The molecule has 1 heterocycles. The molecule has 0 aliphatic carbocycles. The second-order valence-electron chi connectivity index (χ2n) is 10.7. The molecule has 1 fully saturated rings. The molecule has 0 bridgehead atoms. The van der Waals surface area contributed by atoms with Gasteiger partial charge in [-0.15, -0.1) is 0 Å². The van der Waals surface area contributed by atoms with E-state index in [1.807, 2.05) is 49.4 Å². The molecule has 3 aromatic rings. The van der Waals surface area contributed by atoms with Gasteiger partial charge in [-0.2, -0.15) is 17.2 Å². The zero-order valence-electron chi connectivity index (χ0n) is 24.0. The number of benzene rings is 3. The summed E-state index contributed by atoms with van der Waals surface area (Å²) in [6, 6.07) is 24.6. The van der Waals surface area contributed by atoms with Crippen molar-refractivity contribution in [2.45, 2.75) is 85.6 Å². The van der Waals surface area contributed by atoms with E-state index < -0.39 is 38.2 Å². The van der Waals surface area contributed by atoms with E-state index in [-0.39, 0.29) is 18.0 Å². The van der Waals surface area contributed by atoms with Crippen LogP contribution < -0.4 is 4.74 Å². The Bertz CT molecular complexity index is 1400. The fourth-order valence-corrected chi connectivity index (χ4v) is 7.47. The normalized spacial score (nSPS) is 27.0. The van der Waals surface area contributed by atoms with Gasteiger partial charge in [0.15, 0.2) is 26.6 Å². The zero-order valence-corrected chi connectivity index (χ0v) is 25.6. The first-order chi connectivity index (χ1) is 19.1. The number of alkyl halides is 2. The van der Waals surface area contributed by atoms with Gasteiger partial charge in [-0.3, -0.25) is 4.55 Å². The van der Waals surface area contributed by atoms with Crippen molar-refractivity contribution in [2.75, 3.05) is 0 Å². The first-order valence-corrected chi connectivity index (χ1v) is 16.2. The van der Waals surface area contributed by atoms with Gasteiger partial charge in [0.2, 0.25) is 0 Å². The fraction of sp³-hybridized carbons (Fsp3) is 0.419. The van der Waals surface area contributed by atoms with Crippen LogP contribution in [0, 0.1) is 11.8 Å². The SMILES string of the molecule is CC1OC(C)(c2ccc([S+](c3ccccc3)c3ccc(OC(C)C(F)(F)S(=O)(=O)O)cc3)cc2)OC(C)C(C)C1C. The molecule has 0 radical (unpaired) electrons. The third-order valence-corrected chi connectivity index (χ3v) is 11.2. The monoisotopic (exact) mass is 607 g/mol. The summed E-state index contributed by atoms with van der Waals surface area (Å²) in [6.45, 7) is 11.4. The van der Waals surface area contributed by atoms with Gasteiger partial charge >= 0.3 is 15.4 Å². The molecular formula is C31H37F2O6S2+. The van der Waals surface area contributed by atoms with Gasteiger partial charge in [0.05, 0.1) is 23.1 Å².